The number of fused-ring (bicyclic) bond motifs is 1. The zero-order chi connectivity index (χ0) is 17.8. The van der Waals surface area contributed by atoms with Crippen LogP contribution in [-0.4, -0.2) is 45.4 Å². The van der Waals surface area contributed by atoms with Crippen LogP contribution in [0, 0.1) is 11.8 Å². The van der Waals surface area contributed by atoms with Gasteiger partial charge in [-0.2, -0.15) is 0 Å². The van der Waals surface area contributed by atoms with Crippen LogP contribution in [0.15, 0.2) is 43.0 Å². The van der Waals surface area contributed by atoms with Crippen LogP contribution in [0.3, 0.4) is 0 Å². The van der Waals surface area contributed by atoms with Gasteiger partial charge in [0.15, 0.2) is 0 Å². The quantitative estimate of drug-likeness (QED) is 0.740. The van der Waals surface area contributed by atoms with Gasteiger partial charge in [0.2, 0.25) is 0 Å². The van der Waals surface area contributed by atoms with Crippen LogP contribution in [0.1, 0.15) is 31.2 Å². The number of nitrogens with zero attached hydrogens (tertiary/aromatic N) is 3. The zero-order valence-corrected chi connectivity index (χ0v) is 15.3. The molecule has 1 saturated heterocycles. The molecule has 140 valence electrons. The molecule has 1 aromatic heterocycles. The Morgan fingerprint density at radius 1 is 1.12 bits per heavy atom. The number of unbranched alkanes of at least 4 members (excludes halogenated alkanes) is 1. The smallest absolute Gasteiger partial charge is 0.123 e. The van der Waals surface area contributed by atoms with Crippen molar-refractivity contribution in [2.24, 2.45) is 11.8 Å². The number of hydrogen-bond donors (Lipinski definition) is 1. The van der Waals surface area contributed by atoms with Gasteiger partial charge in [0, 0.05) is 44.1 Å². The lowest BCUT2D eigenvalue weighted by Gasteiger charge is -2.20. The maximum Gasteiger partial charge on any atom is 0.123 e. The molecule has 0 spiro atoms. The summed E-state index contributed by atoms with van der Waals surface area (Å²) in [5.74, 6) is 2.38. The van der Waals surface area contributed by atoms with Gasteiger partial charge in [-0.1, -0.05) is 18.2 Å². The summed E-state index contributed by atoms with van der Waals surface area (Å²) in [6.45, 7) is 4.92. The maximum atomic E-state index is 9.81. The summed E-state index contributed by atoms with van der Waals surface area (Å²) < 4.78 is 8.19. The van der Waals surface area contributed by atoms with E-state index in [1.165, 1.54) is 5.56 Å². The highest BCUT2D eigenvalue weighted by Crippen LogP contribution is 2.38. The third-order valence-electron chi connectivity index (χ3n) is 5.80. The Labute approximate surface area is 155 Å². The molecule has 1 aromatic carbocycles. The second kappa shape index (κ2) is 8.23. The van der Waals surface area contributed by atoms with Crippen molar-refractivity contribution in [1.29, 1.82) is 0 Å². The van der Waals surface area contributed by atoms with Crippen LogP contribution in [0.5, 0.6) is 5.75 Å². The highest BCUT2D eigenvalue weighted by Gasteiger charge is 2.40. The molecule has 2 aliphatic rings. The monoisotopic (exact) mass is 355 g/mol. The number of para-hydroxylation sites is 1. The summed E-state index contributed by atoms with van der Waals surface area (Å²) in [6, 6.07) is 8.43. The average Bonchev–Trinajstić information content (AvgIpc) is 3.33. The van der Waals surface area contributed by atoms with Gasteiger partial charge in [0.25, 0.3) is 0 Å². The minimum atomic E-state index is -0.0647. The predicted octanol–water partition coefficient (Wildman–Crippen LogP) is 2.95. The second-order valence-corrected chi connectivity index (χ2v) is 7.80. The van der Waals surface area contributed by atoms with Crippen molar-refractivity contribution in [3.8, 4) is 5.75 Å². The number of imidazole rings is 1. The van der Waals surface area contributed by atoms with Gasteiger partial charge >= 0.3 is 0 Å². The Kier molecular flexibility index (Phi) is 5.56. The van der Waals surface area contributed by atoms with E-state index in [1.54, 1.807) is 0 Å². The Morgan fingerprint density at radius 3 is 2.69 bits per heavy atom. The Hall–Kier alpha value is -1.85. The van der Waals surface area contributed by atoms with Crippen LogP contribution in [-0.2, 0) is 13.1 Å². The molecular weight excluding hydrogens is 326 g/mol. The highest BCUT2D eigenvalue weighted by molar-refractivity contribution is 5.33. The molecule has 0 radical (unpaired) electrons. The lowest BCUT2D eigenvalue weighted by Crippen LogP contribution is -2.23. The molecule has 2 aromatic rings. The molecule has 0 amide bonds. The maximum absolute atomic E-state index is 9.81. The van der Waals surface area contributed by atoms with Crippen LogP contribution >= 0.6 is 0 Å². The Balaban J connectivity index is 1.24. The highest BCUT2D eigenvalue weighted by atomic mass is 16.5. The van der Waals surface area contributed by atoms with Crippen LogP contribution < -0.4 is 4.74 Å². The molecule has 2 fully saturated rings. The summed E-state index contributed by atoms with van der Waals surface area (Å²) in [4.78, 5) is 6.60. The summed E-state index contributed by atoms with van der Waals surface area (Å²) in [7, 11) is 0. The van der Waals surface area contributed by atoms with Crippen molar-refractivity contribution in [3.63, 3.8) is 0 Å². The molecule has 1 unspecified atom stereocenters. The summed E-state index contributed by atoms with van der Waals surface area (Å²) in [6.07, 6.45) is 9.72. The largest absolute Gasteiger partial charge is 0.493 e. The fourth-order valence-corrected chi connectivity index (χ4v) is 4.51. The summed E-state index contributed by atoms with van der Waals surface area (Å²) in [5, 5.41) is 9.81. The van der Waals surface area contributed by atoms with Crippen LogP contribution in [0.25, 0.3) is 0 Å². The standard InChI is InChI=1S/C21H29N3O2/c25-20-11-18-14-24(15-19(18)12-20)13-17-5-1-2-6-21(17)26-10-4-3-8-23-9-7-22-16-23/h1-2,5-7,9,16,18-20,25H,3-4,8,10-15H2/t18-,19+,20?. The first-order valence-corrected chi connectivity index (χ1v) is 9.85. The second-order valence-electron chi connectivity index (χ2n) is 7.80. The van der Waals surface area contributed by atoms with Crippen molar-refractivity contribution in [3.05, 3.63) is 48.5 Å². The van der Waals surface area contributed by atoms with Crippen molar-refractivity contribution in [1.82, 2.24) is 14.5 Å². The van der Waals surface area contributed by atoms with E-state index in [0.717, 1.165) is 64.2 Å². The van der Waals surface area contributed by atoms with Gasteiger partial charge in [0.05, 0.1) is 19.0 Å². The van der Waals surface area contributed by atoms with Crippen molar-refractivity contribution < 1.29 is 9.84 Å². The number of aliphatic hydroxyl groups excluding tert-OH is 1. The van der Waals surface area contributed by atoms with E-state index in [2.05, 4.69) is 38.7 Å². The Bertz CT molecular complexity index is 674. The fourth-order valence-electron chi connectivity index (χ4n) is 4.51. The van der Waals surface area contributed by atoms with E-state index in [9.17, 15) is 5.11 Å². The first-order chi connectivity index (χ1) is 12.8. The van der Waals surface area contributed by atoms with Gasteiger partial charge < -0.3 is 14.4 Å². The molecule has 5 nitrogen and oxygen atoms in total. The number of aryl methyl sites for hydroxylation is 1. The summed E-state index contributed by atoms with van der Waals surface area (Å²) in [5.41, 5.74) is 1.28. The number of likely N-dealkylation sites (tertiary alicyclic amines) is 1. The van der Waals surface area contributed by atoms with Crippen molar-refractivity contribution in [2.45, 2.75) is 44.9 Å². The zero-order valence-electron chi connectivity index (χ0n) is 15.3. The minimum absolute atomic E-state index is 0.0647. The number of rotatable bonds is 8. The number of aromatic nitrogens is 2. The Morgan fingerprint density at radius 2 is 1.92 bits per heavy atom. The molecule has 5 heteroatoms. The van der Waals surface area contributed by atoms with Gasteiger partial charge in [-0.05, 0) is 43.6 Å². The first kappa shape index (κ1) is 17.6. The van der Waals surface area contributed by atoms with Gasteiger partial charge in [-0.15, -0.1) is 0 Å². The lowest BCUT2D eigenvalue weighted by atomic mass is 10.0. The van der Waals surface area contributed by atoms with Crippen molar-refractivity contribution >= 4 is 0 Å². The van der Waals surface area contributed by atoms with E-state index >= 15 is 0 Å². The molecule has 1 N–H and O–H groups in total. The number of ether oxygens (including phenoxy) is 1. The molecule has 3 atom stereocenters. The molecule has 0 bridgehead atoms. The van der Waals surface area contributed by atoms with E-state index < -0.39 is 0 Å². The van der Waals surface area contributed by atoms with E-state index in [-0.39, 0.29) is 6.10 Å². The third kappa shape index (κ3) is 4.27. The fraction of sp³-hybridized carbons (Fsp3) is 0.571. The average molecular weight is 355 g/mol. The SMILES string of the molecule is OC1C[C@@H]2CN(Cc3ccccc3OCCCCn3ccnc3)C[C@@H]2C1. The lowest BCUT2D eigenvalue weighted by molar-refractivity contribution is 0.160. The molecule has 26 heavy (non-hydrogen) atoms. The van der Waals surface area contributed by atoms with E-state index in [1.807, 2.05) is 18.7 Å². The molecule has 2 heterocycles. The van der Waals surface area contributed by atoms with Crippen LogP contribution in [0.2, 0.25) is 0 Å². The van der Waals surface area contributed by atoms with E-state index in [4.69, 9.17) is 4.74 Å². The number of aliphatic hydroxyl groups is 1. The first-order valence-electron chi connectivity index (χ1n) is 9.85. The normalized spacial score (nSPS) is 25.5. The van der Waals surface area contributed by atoms with Gasteiger partial charge in [0.1, 0.15) is 5.75 Å². The van der Waals surface area contributed by atoms with Crippen LogP contribution in [0.4, 0.5) is 0 Å². The van der Waals surface area contributed by atoms with Gasteiger partial charge in [-0.3, -0.25) is 4.90 Å². The minimum Gasteiger partial charge on any atom is -0.493 e. The molecule has 1 aliphatic carbocycles. The molecule has 4 rings (SSSR count). The predicted molar refractivity (Wildman–Crippen MR) is 101 cm³/mol. The number of hydrogen-bond acceptors (Lipinski definition) is 4. The molecule has 1 aliphatic heterocycles. The third-order valence-corrected chi connectivity index (χ3v) is 5.80. The molecule has 1 saturated carbocycles. The van der Waals surface area contributed by atoms with Gasteiger partial charge in [-0.25, -0.2) is 4.98 Å². The number of benzene rings is 1. The van der Waals surface area contributed by atoms with Crippen molar-refractivity contribution in [2.75, 3.05) is 19.7 Å². The topological polar surface area (TPSA) is 50.5 Å². The van der Waals surface area contributed by atoms with E-state index in [0.29, 0.717) is 11.8 Å². The summed E-state index contributed by atoms with van der Waals surface area (Å²) >= 11 is 0. The molecular formula is C21H29N3O2.